The number of benzene rings is 2. The highest BCUT2D eigenvalue weighted by atomic mass is 16.5. The molecule has 2 aliphatic heterocycles. The number of piperidine rings is 1. The molecule has 1 N–H and O–H groups in total. The molecular formula is C24H27N3O. The summed E-state index contributed by atoms with van der Waals surface area (Å²) < 4.78 is 5.63. The fourth-order valence-electron chi connectivity index (χ4n) is 4.61. The monoisotopic (exact) mass is 373 g/mol. The van der Waals surface area contributed by atoms with Crippen molar-refractivity contribution in [3.8, 4) is 5.75 Å². The van der Waals surface area contributed by atoms with Crippen LogP contribution in [0.1, 0.15) is 46.7 Å². The highest BCUT2D eigenvalue weighted by molar-refractivity contribution is 5.39. The van der Waals surface area contributed by atoms with Crippen LogP contribution in [0.4, 0.5) is 0 Å². The summed E-state index contributed by atoms with van der Waals surface area (Å²) in [6.45, 7) is 4.16. The first-order valence-electron chi connectivity index (χ1n) is 10.4. The van der Waals surface area contributed by atoms with Crippen molar-refractivity contribution < 1.29 is 4.74 Å². The van der Waals surface area contributed by atoms with E-state index in [1.165, 1.54) is 40.8 Å². The third-order valence-corrected chi connectivity index (χ3v) is 6.14. The van der Waals surface area contributed by atoms with Crippen LogP contribution in [0, 0.1) is 0 Å². The Kier molecular flexibility index (Phi) is 4.88. The van der Waals surface area contributed by atoms with Gasteiger partial charge in [0.2, 0.25) is 0 Å². The number of rotatable bonds is 5. The molecule has 4 heteroatoms. The van der Waals surface area contributed by atoms with Crippen molar-refractivity contribution in [2.24, 2.45) is 0 Å². The molecule has 3 heterocycles. The van der Waals surface area contributed by atoms with Crippen molar-refractivity contribution in [1.82, 2.24) is 15.1 Å². The Morgan fingerprint density at radius 1 is 1.04 bits per heavy atom. The lowest BCUT2D eigenvalue weighted by atomic mass is 9.89. The molecule has 28 heavy (non-hydrogen) atoms. The Morgan fingerprint density at radius 3 is 2.75 bits per heavy atom. The van der Waals surface area contributed by atoms with Crippen molar-refractivity contribution >= 4 is 0 Å². The number of aromatic amines is 1. The minimum absolute atomic E-state index is 0.589. The van der Waals surface area contributed by atoms with Crippen LogP contribution in [0.25, 0.3) is 0 Å². The SMILES string of the molecule is c1ccc(Cc2cn[nH]c2C2CCN(Cc3ccc4c(c3)CCO4)CC2)cc1. The third kappa shape index (κ3) is 3.69. The molecule has 144 valence electrons. The molecule has 4 nitrogen and oxygen atoms in total. The minimum atomic E-state index is 0.589. The maximum Gasteiger partial charge on any atom is 0.122 e. The van der Waals surface area contributed by atoms with E-state index in [9.17, 15) is 0 Å². The second kappa shape index (κ2) is 7.80. The molecule has 0 unspecified atom stereocenters. The van der Waals surface area contributed by atoms with E-state index >= 15 is 0 Å². The topological polar surface area (TPSA) is 41.2 Å². The van der Waals surface area contributed by atoms with E-state index in [1.54, 1.807) is 0 Å². The Labute approximate surface area is 166 Å². The predicted octanol–water partition coefficient (Wildman–Crippen LogP) is 4.32. The van der Waals surface area contributed by atoms with Gasteiger partial charge in [0.05, 0.1) is 12.8 Å². The zero-order chi connectivity index (χ0) is 18.8. The summed E-state index contributed by atoms with van der Waals surface area (Å²) in [4.78, 5) is 2.58. The van der Waals surface area contributed by atoms with E-state index in [0.29, 0.717) is 5.92 Å². The Morgan fingerprint density at radius 2 is 1.89 bits per heavy atom. The smallest absolute Gasteiger partial charge is 0.122 e. The van der Waals surface area contributed by atoms with E-state index in [0.717, 1.165) is 44.8 Å². The van der Waals surface area contributed by atoms with Crippen LogP contribution in [0.2, 0.25) is 0 Å². The first-order valence-corrected chi connectivity index (χ1v) is 10.4. The van der Waals surface area contributed by atoms with E-state index in [2.05, 4.69) is 63.6 Å². The third-order valence-electron chi connectivity index (χ3n) is 6.14. The Balaban J connectivity index is 1.20. The summed E-state index contributed by atoms with van der Waals surface area (Å²) in [6.07, 6.45) is 6.41. The lowest BCUT2D eigenvalue weighted by Gasteiger charge is -2.32. The van der Waals surface area contributed by atoms with Gasteiger partial charge < -0.3 is 4.74 Å². The van der Waals surface area contributed by atoms with E-state index in [4.69, 9.17) is 4.74 Å². The lowest BCUT2D eigenvalue weighted by Crippen LogP contribution is -2.32. The van der Waals surface area contributed by atoms with Crippen LogP contribution in [0.5, 0.6) is 5.75 Å². The molecule has 1 fully saturated rings. The van der Waals surface area contributed by atoms with Crippen LogP contribution >= 0.6 is 0 Å². The second-order valence-corrected chi connectivity index (χ2v) is 8.06. The van der Waals surface area contributed by atoms with Gasteiger partial charge >= 0.3 is 0 Å². The van der Waals surface area contributed by atoms with Crippen LogP contribution < -0.4 is 4.74 Å². The maximum absolute atomic E-state index is 5.63. The van der Waals surface area contributed by atoms with Crippen LogP contribution in [-0.2, 0) is 19.4 Å². The second-order valence-electron chi connectivity index (χ2n) is 8.06. The Bertz CT molecular complexity index is 926. The fourth-order valence-corrected chi connectivity index (χ4v) is 4.61. The van der Waals surface area contributed by atoms with Gasteiger partial charge in [0, 0.05) is 31.0 Å². The van der Waals surface area contributed by atoms with Gasteiger partial charge in [0.25, 0.3) is 0 Å². The van der Waals surface area contributed by atoms with Gasteiger partial charge in [0.15, 0.2) is 0 Å². The predicted molar refractivity (Wildman–Crippen MR) is 111 cm³/mol. The number of fused-ring (bicyclic) bond motifs is 1. The number of aromatic nitrogens is 2. The van der Waals surface area contributed by atoms with Crippen molar-refractivity contribution in [1.29, 1.82) is 0 Å². The van der Waals surface area contributed by atoms with Crippen LogP contribution in [0.15, 0.2) is 54.7 Å². The first kappa shape index (κ1) is 17.5. The van der Waals surface area contributed by atoms with Gasteiger partial charge in [-0.25, -0.2) is 0 Å². The van der Waals surface area contributed by atoms with Gasteiger partial charge in [-0.15, -0.1) is 0 Å². The van der Waals surface area contributed by atoms with E-state index < -0.39 is 0 Å². The number of hydrogen-bond donors (Lipinski definition) is 1. The molecule has 0 spiro atoms. The number of likely N-dealkylation sites (tertiary alicyclic amines) is 1. The number of H-pyrrole nitrogens is 1. The van der Waals surface area contributed by atoms with Crippen molar-refractivity contribution in [2.45, 2.75) is 38.1 Å². The minimum Gasteiger partial charge on any atom is -0.493 e. The summed E-state index contributed by atoms with van der Waals surface area (Å²) in [7, 11) is 0. The summed E-state index contributed by atoms with van der Waals surface area (Å²) in [5.41, 5.74) is 6.83. The number of nitrogens with one attached hydrogen (secondary N) is 1. The molecule has 2 aromatic carbocycles. The number of hydrogen-bond acceptors (Lipinski definition) is 3. The number of ether oxygens (including phenoxy) is 1. The van der Waals surface area contributed by atoms with Gasteiger partial charge in [-0.3, -0.25) is 10.00 Å². The highest BCUT2D eigenvalue weighted by Gasteiger charge is 2.24. The van der Waals surface area contributed by atoms with Crippen molar-refractivity contribution in [3.05, 3.63) is 82.7 Å². The molecule has 0 saturated carbocycles. The molecule has 3 aromatic rings. The van der Waals surface area contributed by atoms with Gasteiger partial charge in [-0.05, 0) is 54.3 Å². The van der Waals surface area contributed by atoms with Crippen molar-refractivity contribution in [3.63, 3.8) is 0 Å². The largest absolute Gasteiger partial charge is 0.493 e. The van der Waals surface area contributed by atoms with Crippen molar-refractivity contribution in [2.75, 3.05) is 19.7 Å². The molecule has 0 atom stereocenters. The molecule has 1 saturated heterocycles. The molecule has 2 aliphatic rings. The van der Waals surface area contributed by atoms with Gasteiger partial charge in [-0.1, -0.05) is 42.5 Å². The first-order chi connectivity index (χ1) is 13.8. The maximum atomic E-state index is 5.63. The summed E-state index contributed by atoms with van der Waals surface area (Å²) >= 11 is 0. The molecule has 1 aromatic heterocycles. The van der Waals surface area contributed by atoms with Crippen LogP contribution in [-0.4, -0.2) is 34.8 Å². The molecule has 0 aliphatic carbocycles. The zero-order valence-corrected chi connectivity index (χ0v) is 16.2. The quantitative estimate of drug-likeness (QED) is 0.724. The lowest BCUT2D eigenvalue weighted by molar-refractivity contribution is 0.203. The average molecular weight is 374 g/mol. The standard InChI is InChI=1S/C24H27N3O/c1-2-4-18(5-3-1)14-22-16-25-26-24(22)20-8-11-27(12-9-20)17-19-6-7-23-21(15-19)10-13-28-23/h1-7,15-16,20H,8-14,17H2,(H,25,26). The summed E-state index contributed by atoms with van der Waals surface area (Å²) in [5.74, 6) is 1.67. The number of nitrogens with zero attached hydrogens (tertiary/aromatic N) is 2. The average Bonchev–Trinajstić information content (AvgIpc) is 3.38. The molecular weight excluding hydrogens is 346 g/mol. The molecule has 5 rings (SSSR count). The summed E-state index contributed by atoms with van der Waals surface area (Å²) in [6, 6.07) is 17.4. The zero-order valence-electron chi connectivity index (χ0n) is 16.2. The van der Waals surface area contributed by atoms with E-state index in [-0.39, 0.29) is 0 Å². The molecule has 0 bridgehead atoms. The highest BCUT2D eigenvalue weighted by Crippen LogP contribution is 2.31. The molecule has 0 radical (unpaired) electrons. The van der Waals surface area contributed by atoms with Gasteiger partial charge in [0.1, 0.15) is 5.75 Å². The summed E-state index contributed by atoms with van der Waals surface area (Å²) in [5, 5.41) is 7.67. The molecule has 0 amide bonds. The fraction of sp³-hybridized carbons (Fsp3) is 0.375. The van der Waals surface area contributed by atoms with Crippen LogP contribution in [0.3, 0.4) is 0 Å². The van der Waals surface area contributed by atoms with Gasteiger partial charge in [-0.2, -0.15) is 5.10 Å². The Hall–Kier alpha value is -2.59. The normalized spacial score (nSPS) is 17.4. The van der Waals surface area contributed by atoms with E-state index in [1.807, 2.05) is 6.20 Å².